The third-order valence-electron chi connectivity index (χ3n) is 2.99. The fourth-order valence-electron chi connectivity index (χ4n) is 1.97. The molecule has 0 aliphatic heterocycles. The van der Waals surface area contributed by atoms with Gasteiger partial charge in [-0.3, -0.25) is 11.3 Å². The Kier molecular flexibility index (Phi) is 5.41. The van der Waals surface area contributed by atoms with Crippen LogP contribution in [0.5, 0.6) is 0 Å². The van der Waals surface area contributed by atoms with Crippen LogP contribution in [-0.4, -0.2) is 0 Å². The van der Waals surface area contributed by atoms with Crippen molar-refractivity contribution in [3.8, 4) is 0 Å². The van der Waals surface area contributed by atoms with Crippen molar-refractivity contribution in [1.82, 2.24) is 5.43 Å². The van der Waals surface area contributed by atoms with Crippen molar-refractivity contribution in [2.45, 2.75) is 12.5 Å². The van der Waals surface area contributed by atoms with E-state index in [0.29, 0.717) is 17.0 Å². The summed E-state index contributed by atoms with van der Waals surface area (Å²) in [5.74, 6) is 5.17. The van der Waals surface area contributed by atoms with Gasteiger partial charge in [-0.1, -0.05) is 51.3 Å². The molecule has 2 aromatic carbocycles. The van der Waals surface area contributed by atoms with Crippen molar-refractivity contribution in [3.63, 3.8) is 0 Å². The monoisotopic (exact) mass is 376 g/mol. The third kappa shape index (κ3) is 3.51. The standard InChI is InChI=1S/C14H12BrCl2FN2/c15-11-5-4-9(16)7-10(11)13(20-19)6-8-2-1-3-12(17)14(8)18/h1-5,7,13,20H,6,19H2. The minimum absolute atomic E-state index is 0.100. The van der Waals surface area contributed by atoms with Crippen LogP contribution in [0.1, 0.15) is 17.2 Å². The molecule has 0 radical (unpaired) electrons. The first-order valence-electron chi connectivity index (χ1n) is 5.87. The highest BCUT2D eigenvalue weighted by molar-refractivity contribution is 9.10. The van der Waals surface area contributed by atoms with Gasteiger partial charge >= 0.3 is 0 Å². The molecule has 0 amide bonds. The zero-order valence-corrected chi connectivity index (χ0v) is 13.4. The summed E-state index contributed by atoms with van der Waals surface area (Å²) in [6, 6.07) is 10.0. The van der Waals surface area contributed by atoms with Crippen LogP contribution in [0.15, 0.2) is 40.9 Å². The second-order valence-corrected chi connectivity index (χ2v) is 6.00. The molecule has 0 aliphatic carbocycles. The number of halogens is 4. The normalized spacial score (nSPS) is 12.4. The van der Waals surface area contributed by atoms with E-state index in [9.17, 15) is 4.39 Å². The summed E-state index contributed by atoms with van der Waals surface area (Å²) in [6.45, 7) is 0. The molecule has 3 N–H and O–H groups in total. The molecule has 1 unspecified atom stereocenters. The van der Waals surface area contributed by atoms with Gasteiger partial charge in [0.2, 0.25) is 0 Å². The number of nitrogens with two attached hydrogens (primary N) is 1. The van der Waals surface area contributed by atoms with Gasteiger partial charge < -0.3 is 0 Å². The Bertz CT molecular complexity index is 622. The Morgan fingerprint density at radius 2 is 2.00 bits per heavy atom. The molecule has 0 aromatic heterocycles. The van der Waals surface area contributed by atoms with Crippen molar-refractivity contribution in [2.75, 3.05) is 0 Å². The number of hydrogen-bond donors (Lipinski definition) is 2. The molecule has 106 valence electrons. The van der Waals surface area contributed by atoms with Crippen LogP contribution in [0.25, 0.3) is 0 Å². The highest BCUT2D eigenvalue weighted by atomic mass is 79.9. The maximum Gasteiger partial charge on any atom is 0.145 e. The summed E-state index contributed by atoms with van der Waals surface area (Å²) in [6.07, 6.45) is 0.363. The summed E-state index contributed by atoms with van der Waals surface area (Å²) in [5.41, 5.74) is 4.04. The van der Waals surface area contributed by atoms with Crippen LogP contribution in [-0.2, 0) is 6.42 Å². The van der Waals surface area contributed by atoms with Gasteiger partial charge in [-0.25, -0.2) is 4.39 Å². The Morgan fingerprint density at radius 3 is 2.70 bits per heavy atom. The lowest BCUT2D eigenvalue weighted by Crippen LogP contribution is -2.30. The molecule has 0 heterocycles. The van der Waals surface area contributed by atoms with Crippen LogP contribution in [0.3, 0.4) is 0 Å². The smallest absolute Gasteiger partial charge is 0.145 e. The predicted octanol–water partition coefficient (Wildman–Crippen LogP) is 4.64. The van der Waals surface area contributed by atoms with Gasteiger partial charge in [-0.15, -0.1) is 0 Å². The van der Waals surface area contributed by atoms with Crippen molar-refractivity contribution in [3.05, 3.63) is 67.9 Å². The molecule has 0 spiro atoms. The maximum atomic E-state index is 14.0. The topological polar surface area (TPSA) is 38.0 Å². The van der Waals surface area contributed by atoms with Crippen molar-refractivity contribution in [2.24, 2.45) is 5.84 Å². The van der Waals surface area contributed by atoms with E-state index >= 15 is 0 Å². The van der Waals surface area contributed by atoms with Crippen LogP contribution in [0.2, 0.25) is 10.0 Å². The van der Waals surface area contributed by atoms with Gasteiger partial charge in [-0.2, -0.15) is 0 Å². The lowest BCUT2D eigenvalue weighted by atomic mass is 9.99. The second-order valence-electron chi connectivity index (χ2n) is 4.30. The summed E-state index contributed by atoms with van der Waals surface area (Å²) in [5, 5.41) is 0.693. The average molecular weight is 378 g/mol. The van der Waals surface area contributed by atoms with Crippen LogP contribution in [0.4, 0.5) is 4.39 Å². The summed E-state index contributed by atoms with van der Waals surface area (Å²) >= 11 is 15.2. The van der Waals surface area contributed by atoms with Crippen molar-refractivity contribution >= 4 is 39.1 Å². The van der Waals surface area contributed by atoms with E-state index in [4.69, 9.17) is 29.0 Å². The first kappa shape index (κ1) is 15.7. The molecular weight excluding hydrogens is 366 g/mol. The average Bonchev–Trinajstić information content (AvgIpc) is 2.43. The molecule has 1 atom stereocenters. The lowest BCUT2D eigenvalue weighted by molar-refractivity contribution is 0.528. The fraction of sp³-hybridized carbons (Fsp3) is 0.143. The number of benzene rings is 2. The highest BCUT2D eigenvalue weighted by Gasteiger charge is 2.17. The summed E-state index contributed by atoms with van der Waals surface area (Å²) < 4.78 is 14.8. The largest absolute Gasteiger partial charge is 0.271 e. The van der Waals surface area contributed by atoms with Gasteiger partial charge in [0.25, 0.3) is 0 Å². The highest BCUT2D eigenvalue weighted by Crippen LogP contribution is 2.30. The molecule has 0 bridgehead atoms. The van der Waals surface area contributed by atoms with E-state index in [0.717, 1.165) is 10.0 Å². The molecule has 0 aliphatic rings. The van der Waals surface area contributed by atoms with E-state index in [1.165, 1.54) is 6.07 Å². The van der Waals surface area contributed by atoms with Gasteiger partial charge in [0.05, 0.1) is 11.1 Å². The first-order valence-corrected chi connectivity index (χ1v) is 7.41. The van der Waals surface area contributed by atoms with Crippen LogP contribution >= 0.6 is 39.1 Å². The van der Waals surface area contributed by atoms with Gasteiger partial charge in [-0.05, 0) is 41.8 Å². The molecule has 2 rings (SSSR count). The van der Waals surface area contributed by atoms with E-state index in [1.807, 2.05) is 6.07 Å². The molecule has 0 fully saturated rings. The molecular formula is C14H12BrCl2FN2. The summed E-state index contributed by atoms with van der Waals surface area (Å²) in [4.78, 5) is 0. The second kappa shape index (κ2) is 6.87. The molecule has 2 aromatic rings. The zero-order valence-electron chi connectivity index (χ0n) is 10.3. The molecule has 0 saturated heterocycles. The Balaban J connectivity index is 2.34. The maximum absolute atomic E-state index is 14.0. The molecule has 0 saturated carbocycles. The molecule has 20 heavy (non-hydrogen) atoms. The molecule has 6 heteroatoms. The summed E-state index contributed by atoms with van der Waals surface area (Å²) in [7, 11) is 0. The number of nitrogens with one attached hydrogen (secondary N) is 1. The molecule has 2 nitrogen and oxygen atoms in total. The number of rotatable bonds is 4. The Morgan fingerprint density at radius 1 is 1.25 bits per heavy atom. The van der Waals surface area contributed by atoms with E-state index in [1.54, 1.807) is 24.3 Å². The fourth-order valence-corrected chi connectivity index (χ4v) is 2.86. The Hall–Kier alpha value is -0.650. The lowest BCUT2D eigenvalue weighted by Gasteiger charge is -2.19. The van der Waals surface area contributed by atoms with E-state index < -0.39 is 5.82 Å². The minimum atomic E-state index is -0.424. The van der Waals surface area contributed by atoms with E-state index in [-0.39, 0.29) is 11.1 Å². The third-order valence-corrected chi connectivity index (χ3v) is 4.24. The predicted molar refractivity (Wildman–Crippen MR) is 84.3 cm³/mol. The zero-order chi connectivity index (χ0) is 14.7. The van der Waals surface area contributed by atoms with Gasteiger partial charge in [0, 0.05) is 9.50 Å². The first-order chi connectivity index (χ1) is 9.52. The van der Waals surface area contributed by atoms with Crippen molar-refractivity contribution in [1.29, 1.82) is 0 Å². The Labute approximate surface area is 135 Å². The quantitative estimate of drug-likeness (QED) is 0.601. The van der Waals surface area contributed by atoms with Gasteiger partial charge in [0.15, 0.2) is 0 Å². The number of hydrogen-bond acceptors (Lipinski definition) is 2. The minimum Gasteiger partial charge on any atom is -0.271 e. The van der Waals surface area contributed by atoms with Gasteiger partial charge in [0.1, 0.15) is 5.82 Å². The van der Waals surface area contributed by atoms with E-state index in [2.05, 4.69) is 21.4 Å². The van der Waals surface area contributed by atoms with Crippen LogP contribution < -0.4 is 11.3 Å². The number of hydrazine groups is 1. The SMILES string of the molecule is NNC(Cc1cccc(Cl)c1F)c1cc(Cl)ccc1Br. The van der Waals surface area contributed by atoms with Crippen LogP contribution in [0, 0.1) is 5.82 Å². The van der Waals surface area contributed by atoms with Crippen molar-refractivity contribution < 1.29 is 4.39 Å².